The van der Waals surface area contributed by atoms with Crippen molar-refractivity contribution in [1.29, 1.82) is 0 Å². The highest BCUT2D eigenvalue weighted by Crippen LogP contribution is 2.15. The number of unbranched alkanes of at least 4 members (excludes halogenated alkanes) is 15. The Hall–Kier alpha value is -2.18. The molecule has 0 bridgehead atoms. The van der Waals surface area contributed by atoms with Crippen LogP contribution in [-0.4, -0.2) is 47.6 Å². The fourth-order valence-corrected chi connectivity index (χ4v) is 5.37. The molecule has 0 radical (unpaired) electrons. The maximum absolute atomic E-state index is 12.2. The van der Waals surface area contributed by atoms with Gasteiger partial charge in [0, 0.05) is 12.8 Å². The Bertz CT molecular complexity index is 843. The van der Waals surface area contributed by atoms with E-state index in [9.17, 15) is 19.8 Å². The van der Waals surface area contributed by atoms with Gasteiger partial charge in [-0.15, -0.1) is 0 Å². The lowest BCUT2D eigenvalue weighted by Gasteiger charge is -2.15. The maximum Gasteiger partial charge on any atom is 0.306 e. The smallest absolute Gasteiger partial charge is 0.306 e. The third kappa shape index (κ3) is 35.1. The summed E-state index contributed by atoms with van der Waals surface area (Å²) < 4.78 is 10.5. The Morgan fingerprint density at radius 3 is 1.77 bits per heavy atom. The number of rotatable bonds is 34. The molecule has 0 amide bonds. The van der Waals surface area contributed by atoms with E-state index in [1.54, 1.807) is 0 Å². The van der Waals surface area contributed by atoms with Crippen LogP contribution in [0.15, 0.2) is 48.6 Å². The van der Waals surface area contributed by atoms with Gasteiger partial charge in [0.25, 0.3) is 0 Å². The molecule has 2 N–H and O–H groups in total. The molecule has 0 aromatic rings. The SMILES string of the molecule is CCCCC[C@@H](O)/C=C/C=C\C/C=C\C/C=C\CCCC(=O)OC[C@H](CO)OC(=O)CCCCCCCCCCCCCCCC(C)C. The lowest BCUT2D eigenvalue weighted by molar-refractivity contribution is -0.161. The van der Waals surface area contributed by atoms with E-state index < -0.39 is 6.10 Å². The number of esters is 2. The van der Waals surface area contributed by atoms with Gasteiger partial charge in [-0.05, 0) is 44.4 Å². The summed E-state index contributed by atoms with van der Waals surface area (Å²) in [6.07, 6.45) is 40.7. The van der Waals surface area contributed by atoms with Gasteiger partial charge in [-0.3, -0.25) is 9.59 Å². The molecule has 0 aliphatic rings. The zero-order valence-corrected chi connectivity index (χ0v) is 31.3. The topological polar surface area (TPSA) is 93.1 Å². The Balaban J connectivity index is 3.70. The van der Waals surface area contributed by atoms with E-state index in [0.717, 1.165) is 63.7 Å². The zero-order valence-electron chi connectivity index (χ0n) is 31.3. The quantitative estimate of drug-likeness (QED) is 0.0305. The fraction of sp³-hybridized carbons (Fsp3) is 0.762. The second kappa shape index (κ2) is 36.1. The van der Waals surface area contributed by atoms with Crippen LogP contribution in [0, 0.1) is 5.92 Å². The van der Waals surface area contributed by atoms with Crippen molar-refractivity contribution >= 4 is 11.9 Å². The van der Waals surface area contributed by atoms with E-state index in [4.69, 9.17) is 9.47 Å². The zero-order chi connectivity index (χ0) is 35.3. The molecule has 0 unspecified atom stereocenters. The minimum atomic E-state index is -0.804. The minimum absolute atomic E-state index is 0.108. The number of aliphatic hydroxyl groups is 2. The van der Waals surface area contributed by atoms with Crippen molar-refractivity contribution in [3.05, 3.63) is 48.6 Å². The maximum atomic E-state index is 12.2. The molecular formula is C42H74O6. The highest BCUT2D eigenvalue weighted by atomic mass is 16.6. The Kier molecular flexibility index (Phi) is 34.5. The van der Waals surface area contributed by atoms with E-state index in [1.165, 1.54) is 77.0 Å². The van der Waals surface area contributed by atoms with Crippen molar-refractivity contribution in [1.82, 2.24) is 0 Å². The van der Waals surface area contributed by atoms with E-state index in [2.05, 4.69) is 51.2 Å². The second-order valence-corrected chi connectivity index (χ2v) is 13.7. The predicted octanol–water partition coefficient (Wildman–Crippen LogP) is 11.1. The fourth-order valence-electron chi connectivity index (χ4n) is 5.37. The number of allylic oxidation sites excluding steroid dienone is 7. The molecule has 0 spiro atoms. The summed E-state index contributed by atoms with van der Waals surface area (Å²) in [5, 5.41) is 19.4. The molecular weight excluding hydrogens is 600 g/mol. The number of aliphatic hydroxyl groups excluding tert-OH is 2. The molecule has 2 atom stereocenters. The molecule has 6 nitrogen and oxygen atoms in total. The standard InChI is InChI=1S/C42H74O6/c1-4-5-26-32-39(44)33-28-23-19-15-11-9-13-16-20-24-29-34-41(45)47-37-40(36-43)48-42(46)35-30-25-21-17-12-8-6-7-10-14-18-22-27-31-38(2)3/h9,11,16,19-20,23,28,33,38-40,43-44H,4-8,10,12-15,17-18,21-22,24-27,29-32,34-37H2,1-3H3/b11-9-,20-16-,23-19-,33-28+/t39-,40+/m1/s1. The largest absolute Gasteiger partial charge is 0.462 e. The molecule has 48 heavy (non-hydrogen) atoms. The van der Waals surface area contributed by atoms with Gasteiger partial charge in [0.05, 0.1) is 12.7 Å². The molecule has 6 heteroatoms. The van der Waals surface area contributed by atoms with Crippen molar-refractivity contribution in [3.63, 3.8) is 0 Å². The van der Waals surface area contributed by atoms with E-state index in [-0.39, 0.29) is 37.7 Å². The van der Waals surface area contributed by atoms with Gasteiger partial charge in [-0.25, -0.2) is 0 Å². The molecule has 278 valence electrons. The lowest BCUT2D eigenvalue weighted by Crippen LogP contribution is -2.28. The molecule has 0 aliphatic carbocycles. The molecule has 0 saturated carbocycles. The predicted molar refractivity (Wildman–Crippen MR) is 202 cm³/mol. The van der Waals surface area contributed by atoms with Crippen molar-refractivity contribution < 1.29 is 29.3 Å². The Morgan fingerprint density at radius 2 is 1.17 bits per heavy atom. The lowest BCUT2D eigenvalue weighted by atomic mass is 10.0. The Labute approximate surface area is 295 Å². The van der Waals surface area contributed by atoms with Crippen LogP contribution in [0.5, 0.6) is 0 Å². The van der Waals surface area contributed by atoms with Gasteiger partial charge in [0.1, 0.15) is 6.61 Å². The summed E-state index contributed by atoms with van der Waals surface area (Å²) in [5.41, 5.74) is 0. The summed E-state index contributed by atoms with van der Waals surface area (Å²) in [4.78, 5) is 24.2. The minimum Gasteiger partial charge on any atom is -0.462 e. The van der Waals surface area contributed by atoms with Gasteiger partial charge in [0.2, 0.25) is 0 Å². The van der Waals surface area contributed by atoms with Gasteiger partial charge < -0.3 is 19.7 Å². The van der Waals surface area contributed by atoms with Crippen molar-refractivity contribution in [2.45, 2.75) is 187 Å². The monoisotopic (exact) mass is 675 g/mol. The third-order valence-electron chi connectivity index (χ3n) is 8.41. The van der Waals surface area contributed by atoms with Crippen LogP contribution in [0.2, 0.25) is 0 Å². The normalized spacial score (nSPS) is 13.5. The number of ether oxygens (including phenoxy) is 2. The molecule has 0 saturated heterocycles. The van der Waals surface area contributed by atoms with Crippen LogP contribution in [0.3, 0.4) is 0 Å². The van der Waals surface area contributed by atoms with Crippen LogP contribution in [0.25, 0.3) is 0 Å². The first-order valence-corrected chi connectivity index (χ1v) is 19.7. The Morgan fingerprint density at radius 1 is 0.625 bits per heavy atom. The number of hydrogen-bond donors (Lipinski definition) is 2. The average molecular weight is 675 g/mol. The third-order valence-corrected chi connectivity index (χ3v) is 8.41. The van der Waals surface area contributed by atoms with Crippen molar-refractivity contribution in [2.24, 2.45) is 5.92 Å². The second-order valence-electron chi connectivity index (χ2n) is 13.7. The highest BCUT2D eigenvalue weighted by Gasteiger charge is 2.16. The summed E-state index contributed by atoms with van der Waals surface area (Å²) in [7, 11) is 0. The van der Waals surface area contributed by atoms with Crippen LogP contribution >= 0.6 is 0 Å². The van der Waals surface area contributed by atoms with Gasteiger partial charge in [0.15, 0.2) is 6.10 Å². The van der Waals surface area contributed by atoms with E-state index in [1.807, 2.05) is 18.2 Å². The number of carbonyl (C=O) groups excluding carboxylic acids is 2. The molecule has 0 aromatic carbocycles. The number of carbonyl (C=O) groups is 2. The van der Waals surface area contributed by atoms with E-state index in [0.29, 0.717) is 12.8 Å². The first-order valence-electron chi connectivity index (χ1n) is 19.7. The summed E-state index contributed by atoms with van der Waals surface area (Å²) in [6.45, 7) is 6.31. The molecule has 0 aliphatic heterocycles. The molecule has 0 heterocycles. The van der Waals surface area contributed by atoms with Crippen LogP contribution < -0.4 is 0 Å². The number of hydrogen-bond acceptors (Lipinski definition) is 6. The van der Waals surface area contributed by atoms with Crippen molar-refractivity contribution in [3.8, 4) is 0 Å². The summed E-state index contributed by atoms with van der Waals surface area (Å²) in [5.74, 6) is 0.156. The molecule has 0 aromatic heterocycles. The van der Waals surface area contributed by atoms with Crippen molar-refractivity contribution in [2.75, 3.05) is 13.2 Å². The van der Waals surface area contributed by atoms with Gasteiger partial charge in [-0.1, -0.05) is 172 Å². The van der Waals surface area contributed by atoms with Crippen LogP contribution in [0.1, 0.15) is 175 Å². The molecule has 0 fully saturated rings. The first-order chi connectivity index (χ1) is 23.4. The van der Waals surface area contributed by atoms with E-state index >= 15 is 0 Å². The van der Waals surface area contributed by atoms with Crippen LogP contribution in [-0.2, 0) is 19.1 Å². The summed E-state index contributed by atoms with van der Waals surface area (Å²) in [6, 6.07) is 0. The first kappa shape index (κ1) is 45.8. The highest BCUT2D eigenvalue weighted by molar-refractivity contribution is 5.70. The van der Waals surface area contributed by atoms with Gasteiger partial charge in [-0.2, -0.15) is 0 Å². The van der Waals surface area contributed by atoms with Gasteiger partial charge >= 0.3 is 11.9 Å². The molecule has 0 rings (SSSR count). The summed E-state index contributed by atoms with van der Waals surface area (Å²) >= 11 is 0. The average Bonchev–Trinajstić information content (AvgIpc) is 3.06. The van der Waals surface area contributed by atoms with Crippen LogP contribution in [0.4, 0.5) is 0 Å².